The highest BCUT2D eigenvalue weighted by molar-refractivity contribution is 9.10. The summed E-state index contributed by atoms with van der Waals surface area (Å²) in [5, 5.41) is 0. The molecule has 0 bridgehead atoms. The van der Waals surface area contributed by atoms with Crippen LogP contribution in [-0.4, -0.2) is 25.4 Å². The molecule has 0 fully saturated rings. The number of anilines is 1. The van der Waals surface area contributed by atoms with Crippen LogP contribution in [0.25, 0.3) is 0 Å². The topological polar surface area (TPSA) is 59.8 Å². The third-order valence-corrected chi connectivity index (χ3v) is 4.78. The van der Waals surface area contributed by atoms with Crippen molar-refractivity contribution in [3.8, 4) is 0 Å². The predicted octanol–water partition coefficient (Wildman–Crippen LogP) is 4.08. The van der Waals surface area contributed by atoms with Crippen molar-refractivity contribution < 1.29 is 18.7 Å². The Hall–Kier alpha value is -2.34. The number of furan rings is 1. The van der Waals surface area contributed by atoms with E-state index in [1.54, 1.807) is 12.1 Å². The largest absolute Gasteiger partial charge is 0.451 e. The highest BCUT2D eigenvalue weighted by Gasteiger charge is 2.38. The smallest absolute Gasteiger partial charge is 0.374 e. The molecule has 1 aliphatic rings. The minimum atomic E-state index is -0.667. The first-order chi connectivity index (χ1) is 11.8. The second kappa shape index (κ2) is 6.52. The van der Waals surface area contributed by atoms with Crippen LogP contribution in [-0.2, 0) is 14.9 Å². The first-order valence-electron chi connectivity index (χ1n) is 7.81. The quantitative estimate of drug-likeness (QED) is 0.568. The lowest BCUT2D eigenvalue weighted by atomic mass is 9.83. The highest BCUT2D eigenvalue weighted by atomic mass is 79.9. The molecule has 1 aromatic heterocycles. The van der Waals surface area contributed by atoms with E-state index in [0.717, 1.165) is 16.9 Å². The number of carbonyl (C=O) groups is 2. The zero-order valence-corrected chi connectivity index (χ0v) is 15.8. The molecule has 2 aromatic rings. The molecule has 0 aliphatic carbocycles. The monoisotopic (exact) mass is 403 g/mol. The molecule has 5 nitrogen and oxygen atoms in total. The van der Waals surface area contributed by atoms with Crippen LogP contribution in [0.3, 0.4) is 0 Å². The van der Waals surface area contributed by atoms with Crippen molar-refractivity contribution in [2.45, 2.75) is 19.3 Å². The molecule has 0 unspecified atom stereocenters. The molecule has 6 heteroatoms. The van der Waals surface area contributed by atoms with Crippen molar-refractivity contribution in [3.05, 3.63) is 64.2 Å². The Labute approximate surface area is 154 Å². The van der Waals surface area contributed by atoms with Crippen molar-refractivity contribution in [1.29, 1.82) is 0 Å². The van der Waals surface area contributed by atoms with Crippen molar-refractivity contribution in [3.63, 3.8) is 0 Å². The van der Waals surface area contributed by atoms with Gasteiger partial charge < -0.3 is 14.1 Å². The molecule has 0 spiro atoms. The number of halogens is 1. The van der Waals surface area contributed by atoms with Gasteiger partial charge in [-0.15, -0.1) is 0 Å². The van der Waals surface area contributed by atoms with Gasteiger partial charge in [-0.3, -0.25) is 4.79 Å². The summed E-state index contributed by atoms with van der Waals surface area (Å²) >= 11 is 3.12. The van der Waals surface area contributed by atoms with Crippen molar-refractivity contribution in [2.24, 2.45) is 0 Å². The van der Waals surface area contributed by atoms with Crippen LogP contribution in [0.4, 0.5) is 5.69 Å². The van der Waals surface area contributed by atoms with E-state index >= 15 is 0 Å². The molecule has 1 aromatic carbocycles. The average molecular weight is 404 g/mol. The molecule has 0 atom stereocenters. The first-order valence-corrected chi connectivity index (χ1v) is 8.60. The molecular formula is C19H18BrNO4. The van der Waals surface area contributed by atoms with Crippen molar-refractivity contribution in [2.75, 3.05) is 18.6 Å². The van der Waals surface area contributed by atoms with Crippen LogP contribution in [0.5, 0.6) is 0 Å². The van der Waals surface area contributed by atoms with Gasteiger partial charge in [0.15, 0.2) is 17.1 Å². The van der Waals surface area contributed by atoms with Gasteiger partial charge in [-0.1, -0.05) is 32.0 Å². The molecule has 0 saturated carbocycles. The van der Waals surface area contributed by atoms with Crippen LogP contribution < -0.4 is 4.90 Å². The Morgan fingerprint density at radius 2 is 1.96 bits per heavy atom. The first kappa shape index (κ1) is 17.5. The summed E-state index contributed by atoms with van der Waals surface area (Å²) < 4.78 is 10.6. The van der Waals surface area contributed by atoms with Gasteiger partial charge in [0.1, 0.15) is 0 Å². The van der Waals surface area contributed by atoms with E-state index in [2.05, 4.69) is 35.8 Å². The second-order valence-electron chi connectivity index (χ2n) is 6.38. The van der Waals surface area contributed by atoms with Gasteiger partial charge in [-0.05, 0) is 39.7 Å². The van der Waals surface area contributed by atoms with Gasteiger partial charge >= 0.3 is 5.97 Å². The number of nitrogens with zero attached hydrogens (tertiary/aromatic N) is 1. The molecule has 0 saturated heterocycles. The standard InChI is InChI=1S/C19H18BrNO4/c1-19(2)13-6-4-5-7-14(13)21(3)16(19)10-12(22)11-24-18(23)15-8-9-17(20)25-15/h4-10H,11H2,1-3H3/b16-10-. The van der Waals surface area contributed by atoms with E-state index < -0.39 is 5.97 Å². The third kappa shape index (κ3) is 3.26. The van der Waals surface area contributed by atoms with Crippen LogP contribution in [0.15, 0.2) is 57.3 Å². The normalized spacial score (nSPS) is 16.8. The Balaban J connectivity index is 1.72. The SMILES string of the molecule is CN1/C(=C\C(=O)COC(=O)c2ccc(Br)o2)C(C)(C)c2ccccc21. The van der Waals surface area contributed by atoms with Crippen molar-refractivity contribution >= 4 is 33.4 Å². The van der Waals surface area contributed by atoms with E-state index in [9.17, 15) is 9.59 Å². The van der Waals surface area contributed by atoms with Gasteiger partial charge in [-0.2, -0.15) is 0 Å². The van der Waals surface area contributed by atoms with Gasteiger partial charge in [0.25, 0.3) is 0 Å². The summed E-state index contributed by atoms with van der Waals surface area (Å²) in [5.41, 5.74) is 2.81. The predicted molar refractivity (Wildman–Crippen MR) is 97.7 cm³/mol. The van der Waals surface area contributed by atoms with Crippen LogP contribution >= 0.6 is 15.9 Å². The summed E-state index contributed by atoms with van der Waals surface area (Å²) in [5.74, 6) is -0.889. The van der Waals surface area contributed by atoms with Gasteiger partial charge in [0.2, 0.25) is 5.76 Å². The van der Waals surface area contributed by atoms with Gasteiger partial charge in [-0.25, -0.2) is 4.79 Å². The second-order valence-corrected chi connectivity index (χ2v) is 7.16. The molecular weight excluding hydrogens is 386 g/mol. The molecule has 3 rings (SSSR count). The maximum atomic E-state index is 12.3. The minimum absolute atomic E-state index is 0.0537. The fourth-order valence-corrected chi connectivity index (χ4v) is 3.39. The van der Waals surface area contributed by atoms with Crippen molar-refractivity contribution in [1.82, 2.24) is 0 Å². The number of ketones is 1. The fourth-order valence-electron chi connectivity index (χ4n) is 3.08. The zero-order chi connectivity index (χ0) is 18.2. The summed E-state index contributed by atoms with van der Waals surface area (Å²) in [7, 11) is 1.93. The number of ether oxygens (including phenoxy) is 1. The molecule has 0 radical (unpaired) electrons. The maximum Gasteiger partial charge on any atom is 0.374 e. The van der Waals surface area contributed by atoms with E-state index in [-0.39, 0.29) is 23.6 Å². The Kier molecular flexibility index (Phi) is 4.56. The van der Waals surface area contributed by atoms with E-state index in [4.69, 9.17) is 9.15 Å². The fraction of sp³-hybridized carbons (Fsp3) is 0.263. The summed E-state index contributed by atoms with van der Waals surface area (Å²) in [4.78, 5) is 26.2. The lowest BCUT2D eigenvalue weighted by Gasteiger charge is -2.23. The number of hydrogen-bond donors (Lipinski definition) is 0. The number of para-hydroxylation sites is 1. The number of fused-ring (bicyclic) bond motifs is 1. The zero-order valence-electron chi connectivity index (χ0n) is 14.2. The number of benzene rings is 1. The number of carbonyl (C=O) groups excluding carboxylic acids is 2. The molecule has 1 aliphatic heterocycles. The van der Waals surface area contributed by atoms with Crippen LogP contribution in [0.1, 0.15) is 30.0 Å². The Morgan fingerprint density at radius 1 is 1.24 bits per heavy atom. The molecule has 130 valence electrons. The van der Waals surface area contributed by atoms with E-state index in [1.807, 2.05) is 30.1 Å². The lowest BCUT2D eigenvalue weighted by molar-refractivity contribution is -0.117. The molecule has 2 heterocycles. The van der Waals surface area contributed by atoms with E-state index in [1.165, 1.54) is 6.07 Å². The number of allylic oxidation sites excluding steroid dienone is 1. The maximum absolute atomic E-state index is 12.3. The highest BCUT2D eigenvalue weighted by Crippen LogP contribution is 2.46. The Morgan fingerprint density at radius 3 is 2.60 bits per heavy atom. The third-order valence-electron chi connectivity index (χ3n) is 4.36. The average Bonchev–Trinajstić information content (AvgIpc) is 3.09. The van der Waals surface area contributed by atoms with Gasteiger partial charge in [0, 0.05) is 29.9 Å². The molecule has 0 N–H and O–H groups in total. The number of esters is 1. The van der Waals surface area contributed by atoms with E-state index in [0.29, 0.717) is 4.67 Å². The lowest BCUT2D eigenvalue weighted by Crippen LogP contribution is -2.25. The molecule has 25 heavy (non-hydrogen) atoms. The number of hydrogen-bond acceptors (Lipinski definition) is 5. The minimum Gasteiger partial charge on any atom is -0.451 e. The van der Waals surface area contributed by atoms with Gasteiger partial charge in [0.05, 0.1) is 0 Å². The summed E-state index contributed by atoms with van der Waals surface area (Å²) in [6, 6.07) is 11.1. The summed E-state index contributed by atoms with van der Waals surface area (Å²) in [6.07, 6.45) is 1.55. The molecule has 0 amide bonds. The summed E-state index contributed by atoms with van der Waals surface area (Å²) in [6.45, 7) is 3.81. The number of rotatable bonds is 4. The van der Waals surface area contributed by atoms with Crippen LogP contribution in [0, 0.1) is 0 Å². The van der Waals surface area contributed by atoms with Crippen LogP contribution in [0.2, 0.25) is 0 Å². The Bertz CT molecular complexity index is 866. The number of likely N-dealkylation sites (N-methyl/N-ethyl adjacent to an activating group) is 1.